The first-order chi connectivity index (χ1) is 4.93. The number of rotatable bonds is 3. The van der Waals surface area contributed by atoms with Crippen LogP contribution in [0.25, 0.3) is 6.08 Å². The van der Waals surface area contributed by atoms with Gasteiger partial charge in [0, 0.05) is 12.4 Å². The van der Waals surface area contributed by atoms with Gasteiger partial charge in [-0.1, -0.05) is 19.4 Å². The van der Waals surface area contributed by atoms with Crippen molar-refractivity contribution in [1.29, 1.82) is 0 Å². The van der Waals surface area contributed by atoms with Crippen LogP contribution in [0.15, 0.2) is 18.5 Å². The van der Waals surface area contributed by atoms with Gasteiger partial charge in [-0.2, -0.15) is 0 Å². The number of hydrogen-bond acceptors (Lipinski definition) is 1. The molecule has 0 saturated heterocycles. The third-order valence-corrected chi connectivity index (χ3v) is 1.25. The van der Waals surface area contributed by atoms with Gasteiger partial charge in [-0.05, 0) is 12.5 Å². The highest BCUT2D eigenvalue weighted by Gasteiger charge is 1.82. The third-order valence-electron chi connectivity index (χ3n) is 1.25. The monoisotopic (exact) mass is 136 g/mol. The highest BCUT2D eigenvalue weighted by molar-refractivity contribution is 5.38. The number of aromatic amines is 1. The first-order valence-electron chi connectivity index (χ1n) is 3.59. The first-order valence-corrected chi connectivity index (χ1v) is 3.59. The average molecular weight is 136 g/mol. The molecule has 1 N–H and O–H groups in total. The van der Waals surface area contributed by atoms with E-state index in [0.717, 1.165) is 12.2 Å². The van der Waals surface area contributed by atoms with E-state index in [2.05, 4.69) is 23.0 Å². The lowest BCUT2D eigenvalue weighted by Gasteiger charge is -1.82. The van der Waals surface area contributed by atoms with Gasteiger partial charge in [0.2, 0.25) is 0 Å². The summed E-state index contributed by atoms with van der Waals surface area (Å²) in [7, 11) is 0. The lowest BCUT2D eigenvalue weighted by Crippen LogP contribution is -1.71. The summed E-state index contributed by atoms with van der Waals surface area (Å²) in [5, 5.41) is 0. The van der Waals surface area contributed by atoms with Crippen LogP contribution in [0, 0.1) is 0 Å². The molecule has 1 aromatic heterocycles. The molecule has 1 aromatic rings. The second-order valence-corrected chi connectivity index (χ2v) is 2.17. The van der Waals surface area contributed by atoms with Crippen molar-refractivity contribution >= 4 is 6.08 Å². The van der Waals surface area contributed by atoms with Crippen molar-refractivity contribution in [1.82, 2.24) is 9.97 Å². The molecule has 0 aromatic carbocycles. The van der Waals surface area contributed by atoms with Crippen LogP contribution in [0.1, 0.15) is 25.6 Å². The van der Waals surface area contributed by atoms with Crippen LogP contribution in [0.5, 0.6) is 0 Å². The molecule has 0 saturated carbocycles. The lowest BCUT2D eigenvalue weighted by molar-refractivity contribution is 0.961. The van der Waals surface area contributed by atoms with E-state index in [-0.39, 0.29) is 0 Å². The molecule has 10 heavy (non-hydrogen) atoms. The maximum atomic E-state index is 4.05. The summed E-state index contributed by atoms with van der Waals surface area (Å²) < 4.78 is 0. The van der Waals surface area contributed by atoms with Gasteiger partial charge >= 0.3 is 0 Å². The van der Waals surface area contributed by atoms with E-state index in [1.165, 1.54) is 6.42 Å². The van der Waals surface area contributed by atoms with Crippen molar-refractivity contribution in [2.45, 2.75) is 19.8 Å². The van der Waals surface area contributed by atoms with E-state index in [9.17, 15) is 0 Å². The van der Waals surface area contributed by atoms with Crippen molar-refractivity contribution in [2.75, 3.05) is 0 Å². The Kier molecular flexibility index (Phi) is 2.74. The number of allylic oxidation sites excluding steroid dienone is 1. The van der Waals surface area contributed by atoms with Gasteiger partial charge in [0.05, 0.1) is 0 Å². The van der Waals surface area contributed by atoms with Gasteiger partial charge in [0.15, 0.2) is 0 Å². The van der Waals surface area contributed by atoms with Crippen LogP contribution in [-0.2, 0) is 0 Å². The SMILES string of the molecule is CCCC=Cc1ncc[nH]1. The molecule has 0 radical (unpaired) electrons. The zero-order valence-corrected chi connectivity index (χ0v) is 6.17. The molecular weight excluding hydrogens is 124 g/mol. The molecule has 54 valence electrons. The Bertz CT molecular complexity index is 187. The van der Waals surface area contributed by atoms with E-state index in [0.29, 0.717) is 0 Å². The molecule has 0 atom stereocenters. The van der Waals surface area contributed by atoms with Crippen molar-refractivity contribution in [3.8, 4) is 0 Å². The Morgan fingerprint density at radius 1 is 1.70 bits per heavy atom. The summed E-state index contributed by atoms with van der Waals surface area (Å²) in [6.45, 7) is 2.16. The smallest absolute Gasteiger partial charge is 0.129 e. The molecule has 0 aliphatic rings. The number of aromatic nitrogens is 2. The van der Waals surface area contributed by atoms with Crippen LogP contribution in [0.2, 0.25) is 0 Å². The average Bonchev–Trinajstić information content (AvgIpc) is 2.41. The molecule has 0 aliphatic carbocycles. The van der Waals surface area contributed by atoms with E-state index in [1.54, 1.807) is 6.20 Å². The standard InChI is InChI=1S/C8H12N2/c1-2-3-4-5-8-9-6-7-10-8/h4-7H,2-3H2,1H3,(H,9,10). The number of imidazole rings is 1. The lowest BCUT2D eigenvalue weighted by atomic mass is 10.3. The predicted octanol–water partition coefficient (Wildman–Crippen LogP) is 2.22. The fraction of sp³-hybridized carbons (Fsp3) is 0.375. The first kappa shape index (κ1) is 7.06. The van der Waals surface area contributed by atoms with E-state index < -0.39 is 0 Å². The van der Waals surface area contributed by atoms with Gasteiger partial charge in [0.25, 0.3) is 0 Å². The van der Waals surface area contributed by atoms with Gasteiger partial charge < -0.3 is 4.98 Å². The molecule has 0 unspecified atom stereocenters. The maximum absolute atomic E-state index is 4.05. The summed E-state index contributed by atoms with van der Waals surface area (Å²) in [6.07, 6.45) is 10.0. The highest BCUT2D eigenvalue weighted by atomic mass is 14.9. The minimum Gasteiger partial charge on any atom is -0.345 e. The van der Waals surface area contributed by atoms with E-state index in [4.69, 9.17) is 0 Å². The largest absolute Gasteiger partial charge is 0.345 e. The number of H-pyrrole nitrogens is 1. The molecule has 0 aliphatic heterocycles. The van der Waals surface area contributed by atoms with E-state index >= 15 is 0 Å². The van der Waals surface area contributed by atoms with Crippen molar-refractivity contribution in [3.05, 3.63) is 24.3 Å². The molecule has 2 heteroatoms. The molecule has 0 fully saturated rings. The molecule has 1 rings (SSSR count). The number of nitrogens with zero attached hydrogens (tertiary/aromatic N) is 1. The van der Waals surface area contributed by atoms with Crippen molar-refractivity contribution < 1.29 is 0 Å². The summed E-state index contributed by atoms with van der Waals surface area (Å²) in [4.78, 5) is 7.04. The molecule has 2 nitrogen and oxygen atoms in total. The second-order valence-electron chi connectivity index (χ2n) is 2.17. The third kappa shape index (κ3) is 2.05. The zero-order chi connectivity index (χ0) is 7.23. The van der Waals surface area contributed by atoms with Gasteiger partial charge in [0.1, 0.15) is 5.82 Å². The normalized spacial score (nSPS) is 10.9. The fourth-order valence-corrected chi connectivity index (χ4v) is 0.730. The summed E-state index contributed by atoms with van der Waals surface area (Å²) in [5.74, 6) is 0.938. The minimum absolute atomic E-state index is 0.938. The number of unbranched alkanes of at least 4 members (excludes halogenated alkanes) is 1. The highest BCUT2D eigenvalue weighted by Crippen LogP contribution is 1.95. The van der Waals surface area contributed by atoms with Crippen LogP contribution < -0.4 is 0 Å². The Morgan fingerprint density at radius 2 is 2.60 bits per heavy atom. The van der Waals surface area contributed by atoms with Crippen LogP contribution in [-0.4, -0.2) is 9.97 Å². The minimum atomic E-state index is 0.938. The van der Waals surface area contributed by atoms with Gasteiger partial charge in [-0.15, -0.1) is 0 Å². The summed E-state index contributed by atoms with van der Waals surface area (Å²) >= 11 is 0. The quantitative estimate of drug-likeness (QED) is 0.678. The van der Waals surface area contributed by atoms with Gasteiger partial charge in [-0.3, -0.25) is 0 Å². The predicted molar refractivity (Wildman–Crippen MR) is 42.5 cm³/mol. The molecule has 0 spiro atoms. The summed E-state index contributed by atoms with van der Waals surface area (Å²) in [5.41, 5.74) is 0. The van der Waals surface area contributed by atoms with Crippen LogP contribution in [0.3, 0.4) is 0 Å². The molecular formula is C8H12N2. The molecule has 0 bridgehead atoms. The second kappa shape index (κ2) is 3.88. The molecule has 0 amide bonds. The van der Waals surface area contributed by atoms with Gasteiger partial charge in [-0.25, -0.2) is 4.98 Å². The van der Waals surface area contributed by atoms with Crippen molar-refractivity contribution in [2.24, 2.45) is 0 Å². The Morgan fingerprint density at radius 3 is 3.20 bits per heavy atom. The Labute approximate surface area is 61.0 Å². The zero-order valence-electron chi connectivity index (χ0n) is 6.17. The number of nitrogens with one attached hydrogen (secondary N) is 1. The Balaban J connectivity index is 2.40. The van der Waals surface area contributed by atoms with Crippen molar-refractivity contribution in [3.63, 3.8) is 0 Å². The fourth-order valence-electron chi connectivity index (χ4n) is 0.730. The van der Waals surface area contributed by atoms with Crippen LogP contribution in [0.4, 0.5) is 0 Å². The number of hydrogen-bond donors (Lipinski definition) is 1. The topological polar surface area (TPSA) is 28.7 Å². The molecule has 1 heterocycles. The van der Waals surface area contributed by atoms with E-state index in [1.807, 2.05) is 12.3 Å². The maximum Gasteiger partial charge on any atom is 0.129 e. The summed E-state index contributed by atoms with van der Waals surface area (Å²) in [6, 6.07) is 0. The van der Waals surface area contributed by atoms with Crippen LogP contribution >= 0.6 is 0 Å². The Hall–Kier alpha value is -1.05.